The van der Waals surface area contributed by atoms with Crippen LogP contribution < -0.4 is 16.3 Å². The summed E-state index contributed by atoms with van der Waals surface area (Å²) in [6.45, 7) is 5.50. The Bertz CT molecular complexity index is 800. The summed E-state index contributed by atoms with van der Waals surface area (Å²) in [5.74, 6) is -0.228. The highest BCUT2D eigenvalue weighted by atomic mass is 32.1. The quantitative estimate of drug-likeness (QED) is 0.532. The van der Waals surface area contributed by atoms with E-state index in [0.29, 0.717) is 40.4 Å². The van der Waals surface area contributed by atoms with Crippen LogP contribution in [-0.4, -0.2) is 37.7 Å². The van der Waals surface area contributed by atoms with E-state index in [0.717, 1.165) is 12.8 Å². The zero-order valence-corrected chi connectivity index (χ0v) is 17.2. The van der Waals surface area contributed by atoms with Crippen molar-refractivity contribution < 1.29 is 13.9 Å². The van der Waals surface area contributed by atoms with Gasteiger partial charge in [-0.25, -0.2) is 4.79 Å². The van der Waals surface area contributed by atoms with E-state index in [-0.39, 0.29) is 11.9 Å². The van der Waals surface area contributed by atoms with Gasteiger partial charge in [0.25, 0.3) is 11.9 Å². The fraction of sp³-hybridized carbons (Fsp3) is 0.632. The Morgan fingerprint density at radius 2 is 1.93 bits per heavy atom. The normalized spacial score (nSPS) is 11.1. The lowest BCUT2D eigenvalue weighted by Gasteiger charge is -2.04. The van der Waals surface area contributed by atoms with Crippen LogP contribution in [0.25, 0.3) is 10.2 Å². The van der Waals surface area contributed by atoms with E-state index in [1.807, 2.05) is 0 Å². The zero-order valence-electron chi connectivity index (χ0n) is 16.4. The lowest BCUT2D eigenvalue weighted by molar-refractivity contribution is 0.0940. The number of unbranched alkanes of at least 4 members (excludes halogenated alkanes) is 5. The predicted octanol–water partition coefficient (Wildman–Crippen LogP) is 3.71. The van der Waals surface area contributed by atoms with Gasteiger partial charge < -0.3 is 19.8 Å². The molecule has 0 aromatic carbocycles. The van der Waals surface area contributed by atoms with Crippen molar-refractivity contribution in [3.8, 4) is 0 Å². The number of rotatable bonds is 12. The van der Waals surface area contributed by atoms with Crippen LogP contribution in [-0.2, 0) is 4.74 Å². The Morgan fingerprint density at radius 1 is 1.19 bits per heavy atom. The number of nitrogens with one attached hydrogen (secondary N) is 2. The molecule has 0 saturated heterocycles. The lowest BCUT2D eigenvalue weighted by Crippen LogP contribution is -2.26. The largest absolute Gasteiger partial charge is 0.389 e. The molecule has 2 aromatic heterocycles. The molecular formula is C19H29N3O4S. The smallest absolute Gasteiger partial charge is 0.349 e. The SMILES string of the molecule is CCCCCCCCNc1nc2sc(C(=O)NCCOC)c(C)c2c(=O)o1. The van der Waals surface area contributed by atoms with E-state index in [1.54, 1.807) is 14.0 Å². The van der Waals surface area contributed by atoms with Crippen molar-refractivity contribution in [1.29, 1.82) is 0 Å². The van der Waals surface area contributed by atoms with Gasteiger partial charge in [-0.05, 0) is 18.9 Å². The maximum absolute atomic E-state index is 12.3. The van der Waals surface area contributed by atoms with Crippen molar-refractivity contribution >= 4 is 33.5 Å². The number of ether oxygens (including phenoxy) is 1. The average Bonchev–Trinajstić information content (AvgIpc) is 2.98. The van der Waals surface area contributed by atoms with Gasteiger partial charge in [0, 0.05) is 20.2 Å². The fourth-order valence-corrected chi connectivity index (χ4v) is 3.89. The van der Waals surface area contributed by atoms with Gasteiger partial charge in [-0.1, -0.05) is 39.0 Å². The summed E-state index contributed by atoms with van der Waals surface area (Å²) in [4.78, 5) is 30.0. The summed E-state index contributed by atoms with van der Waals surface area (Å²) in [6, 6.07) is 0.216. The molecule has 2 rings (SSSR count). The number of aryl methyl sites for hydroxylation is 1. The maximum Gasteiger partial charge on any atom is 0.349 e. The second kappa shape index (κ2) is 11.0. The monoisotopic (exact) mass is 395 g/mol. The molecule has 0 atom stereocenters. The molecule has 0 unspecified atom stereocenters. The van der Waals surface area contributed by atoms with Gasteiger partial charge >= 0.3 is 5.63 Å². The van der Waals surface area contributed by atoms with Gasteiger partial charge in [0.15, 0.2) is 0 Å². The Balaban J connectivity index is 2.01. The first-order valence-electron chi connectivity index (χ1n) is 9.53. The Kier molecular flexibility index (Phi) is 8.74. The molecule has 0 bridgehead atoms. The number of carbonyl (C=O) groups is 1. The molecule has 0 aliphatic carbocycles. The Labute approximate surface area is 163 Å². The van der Waals surface area contributed by atoms with Gasteiger partial charge in [-0.15, -0.1) is 11.3 Å². The molecule has 150 valence electrons. The number of anilines is 1. The van der Waals surface area contributed by atoms with Crippen molar-refractivity contribution in [2.75, 3.05) is 32.1 Å². The predicted molar refractivity (Wildman–Crippen MR) is 109 cm³/mol. The van der Waals surface area contributed by atoms with Crippen LogP contribution in [0.5, 0.6) is 0 Å². The van der Waals surface area contributed by atoms with E-state index in [2.05, 4.69) is 22.5 Å². The van der Waals surface area contributed by atoms with Crippen molar-refractivity contribution in [3.63, 3.8) is 0 Å². The molecule has 0 aliphatic heterocycles. The fourth-order valence-electron chi connectivity index (χ4n) is 2.81. The van der Waals surface area contributed by atoms with Gasteiger partial charge in [-0.2, -0.15) is 4.98 Å². The standard InChI is InChI=1S/C19H29N3O4S/c1-4-5-6-7-8-9-10-21-19-22-17-14(18(24)26-19)13(2)15(27-17)16(23)20-11-12-25-3/h4-12H2,1-3H3,(H,20,23)(H,21,22). The van der Waals surface area contributed by atoms with Crippen LogP contribution in [0.2, 0.25) is 0 Å². The summed E-state index contributed by atoms with van der Waals surface area (Å²) >= 11 is 1.21. The first kappa shape index (κ1) is 21.4. The number of aromatic nitrogens is 1. The zero-order chi connectivity index (χ0) is 19.6. The number of hydrogen-bond donors (Lipinski definition) is 2. The number of thiophene rings is 1. The number of nitrogens with zero attached hydrogens (tertiary/aromatic N) is 1. The molecule has 27 heavy (non-hydrogen) atoms. The van der Waals surface area contributed by atoms with Crippen molar-refractivity contribution in [2.45, 2.75) is 52.4 Å². The third kappa shape index (κ3) is 6.04. The molecule has 2 aromatic rings. The molecule has 0 saturated carbocycles. The number of fused-ring (bicyclic) bond motifs is 1. The topological polar surface area (TPSA) is 93.5 Å². The molecule has 0 radical (unpaired) electrons. The van der Waals surface area contributed by atoms with E-state index in [9.17, 15) is 9.59 Å². The van der Waals surface area contributed by atoms with E-state index in [4.69, 9.17) is 9.15 Å². The van der Waals surface area contributed by atoms with E-state index >= 15 is 0 Å². The third-order valence-corrected chi connectivity index (χ3v) is 5.51. The van der Waals surface area contributed by atoms with Gasteiger partial charge in [0.1, 0.15) is 10.2 Å². The first-order chi connectivity index (χ1) is 13.1. The third-order valence-electron chi connectivity index (χ3n) is 4.33. The van der Waals surface area contributed by atoms with Crippen LogP contribution in [0.1, 0.15) is 60.7 Å². The maximum atomic E-state index is 12.3. The number of carbonyl (C=O) groups excluding carboxylic acids is 1. The molecule has 7 nitrogen and oxygen atoms in total. The Hall–Kier alpha value is -1.93. The average molecular weight is 396 g/mol. The molecule has 0 fully saturated rings. The minimum Gasteiger partial charge on any atom is -0.389 e. The molecule has 8 heteroatoms. The second-order valence-electron chi connectivity index (χ2n) is 6.49. The summed E-state index contributed by atoms with van der Waals surface area (Å²) in [6.07, 6.45) is 7.14. The summed E-state index contributed by atoms with van der Waals surface area (Å²) in [5, 5.41) is 6.23. The molecular weight excluding hydrogens is 366 g/mol. The van der Waals surface area contributed by atoms with E-state index in [1.165, 1.54) is 37.0 Å². The summed E-state index contributed by atoms with van der Waals surface area (Å²) in [5.41, 5.74) is 0.142. The van der Waals surface area contributed by atoms with Crippen LogP contribution in [0.4, 0.5) is 6.01 Å². The number of amides is 1. The first-order valence-corrected chi connectivity index (χ1v) is 10.3. The Morgan fingerprint density at radius 3 is 2.67 bits per heavy atom. The molecule has 1 amide bonds. The van der Waals surface area contributed by atoms with Gasteiger partial charge in [0.05, 0.1) is 11.5 Å². The molecule has 2 N–H and O–H groups in total. The number of methoxy groups -OCH3 is 1. The molecule has 0 aliphatic rings. The van der Waals surface area contributed by atoms with E-state index < -0.39 is 5.63 Å². The lowest BCUT2D eigenvalue weighted by atomic mass is 10.1. The van der Waals surface area contributed by atoms with Crippen LogP contribution in [0.3, 0.4) is 0 Å². The molecule has 0 spiro atoms. The second-order valence-corrected chi connectivity index (χ2v) is 7.49. The number of hydrogen-bond acceptors (Lipinski definition) is 7. The van der Waals surface area contributed by atoms with Crippen molar-refractivity contribution in [2.24, 2.45) is 0 Å². The van der Waals surface area contributed by atoms with Crippen LogP contribution in [0.15, 0.2) is 9.21 Å². The van der Waals surface area contributed by atoms with Crippen molar-refractivity contribution in [1.82, 2.24) is 10.3 Å². The van der Waals surface area contributed by atoms with Gasteiger partial charge in [-0.3, -0.25) is 4.79 Å². The van der Waals surface area contributed by atoms with Gasteiger partial charge in [0.2, 0.25) is 0 Å². The minimum atomic E-state index is -0.463. The molecule has 2 heterocycles. The van der Waals surface area contributed by atoms with Crippen LogP contribution >= 0.6 is 11.3 Å². The highest BCUT2D eigenvalue weighted by Gasteiger charge is 2.20. The minimum absolute atomic E-state index is 0.216. The summed E-state index contributed by atoms with van der Waals surface area (Å²) < 4.78 is 10.2. The highest BCUT2D eigenvalue weighted by Crippen LogP contribution is 2.28. The summed E-state index contributed by atoms with van der Waals surface area (Å²) in [7, 11) is 1.58. The van der Waals surface area contributed by atoms with Crippen LogP contribution in [0, 0.1) is 6.92 Å². The van der Waals surface area contributed by atoms with Crippen molar-refractivity contribution in [3.05, 3.63) is 20.9 Å². The highest BCUT2D eigenvalue weighted by molar-refractivity contribution is 7.20.